The van der Waals surface area contributed by atoms with Gasteiger partial charge in [-0.25, -0.2) is 4.79 Å². The van der Waals surface area contributed by atoms with Gasteiger partial charge < -0.3 is 19.9 Å². The highest BCUT2D eigenvalue weighted by Crippen LogP contribution is 2.44. The lowest BCUT2D eigenvalue weighted by Crippen LogP contribution is -2.45. The lowest BCUT2D eigenvalue weighted by atomic mass is 9.98. The predicted octanol–water partition coefficient (Wildman–Crippen LogP) is 2.96. The van der Waals surface area contributed by atoms with Crippen molar-refractivity contribution in [1.82, 2.24) is 9.55 Å². The molecule has 2 N–H and O–H groups in total. The number of anilines is 1. The summed E-state index contributed by atoms with van der Waals surface area (Å²) in [5.41, 5.74) is -0.926. The molecule has 10 heteroatoms. The summed E-state index contributed by atoms with van der Waals surface area (Å²) in [5, 5.41) is 12.5. The van der Waals surface area contributed by atoms with Crippen molar-refractivity contribution in [3.63, 3.8) is 0 Å². The maximum Gasteiger partial charge on any atom is 0.351 e. The van der Waals surface area contributed by atoms with Gasteiger partial charge in [-0.05, 0) is 24.8 Å². The molecule has 1 saturated heterocycles. The van der Waals surface area contributed by atoms with Crippen LogP contribution in [-0.4, -0.2) is 51.9 Å². The van der Waals surface area contributed by atoms with E-state index in [4.69, 9.17) is 9.47 Å². The van der Waals surface area contributed by atoms with Crippen LogP contribution >= 0.6 is 0 Å². The van der Waals surface area contributed by atoms with E-state index in [1.54, 1.807) is 0 Å². The van der Waals surface area contributed by atoms with Crippen molar-refractivity contribution in [1.29, 1.82) is 0 Å². The quantitative estimate of drug-likeness (QED) is 0.505. The van der Waals surface area contributed by atoms with Crippen LogP contribution in [0.15, 0.2) is 17.1 Å². The zero-order valence-electron chi connectivity index (χ0n) is 18.5. The second-order valence-corrected chi connectivity index (χ2v) is 8.22. The van der Waals surface area contributed by atoms with Crippen LogP contribution in [0, 0.1) is 11.8 Å². The van der Waals surface area contributed by atoms with Crippen LogP contribution in [0.4, 0.5) is 14.6 Å². The van der Waals surface area contributed by atoms with Gasteiger partial charge in [0, 0.05) is 12.7 Å². The average Bonchev–Trinajstić information content (AvgIpc) is 2.96. The van der Waals surface area contributed by atoms with Crippen molar-refractivity contribution >= 4 is 11.8 Å². The van der Waals surface area contributed by atoms with E-state index in [9.17, 15) is 14.7 Å². The van der Waals surface area contributed by atoms with E-state index in [-0.39, 0.29) is 0 Å². The highest BCUT2D eigenvalue weighted by atomic mass is 19.3. The molecule has 0 unspecified atom stereocenters. The third-order valence-corrected chi connectivity index (χ3v) is 5.29. The third-order valence-electron chi connectivity index (χ3n) is 5.29. The molecule has 1 aromatic rings. The number of halogens is 2. The number of alkyl halides is 2. The molecule has 1 aliphatic heterocycles. The maximum absolute atomic E-state index is 15.0. The fraction of sp³-hybridized carbons (Fsp3) is 0.762. The zero-order chi connectivity index (χ0) is 23.2. The first-order chi connectivity index (χ1) is 14.6. The van der Waals surface area contributed by atoms with Gasteiger partial charge in [-0.1, -0.05) is 40.5 Å². The molecule has 0 saturated carbocycles. The standard InChI is InChI=1S/C21H33F2N3O5/c1-5-7-14(8-6-2)11-24-16-9-10-26(20(29)25-16)19-21(22,23)17(15(12-27)30-19)31-18(28)13(3)4/h9-10,13-15,17,19,27H,5-8,11-12H2,1-4H3,(H,24,25,29)/t15-,17-,19-/m1/s1. The number of carbonyl (C=O) groups excluding carboxylic acids is 1. The summed E-state index contributed by atoms with van der Waals surface area (Å²) in [7, 11) is 0. The number of aliphatic hydroxyl groups excluding tert-OH is 1. The number of nitrogens with one attached hydrogen (secondary N) is 1. The van der Waals surface area contributed by atoms with E-state index in [0.717, 1.165) is 25.7 Å². The van der Waals surface area contributed by atoms with Gasteiger partial charge in [0.15, 0.2) is 6.10 Å². The van der Waals surface area contributed by atoms with Gasteiger partial charge >= 0.3 is 17.6 Å². The van der Waals surface area contributed by atoms with Gasteiger partial charge in [-0.2, -0.15) is 13.8 Å². The molecule has 0 aromatic carbocycles. The molecular formula is C21H33F2N3O5. The summed E-state index contributed by atoms with van der Waals surface area (Å²) in [5.74, 6) is -4.48. The van der Waals surface area contributed by atoms with Gasteiger partial charge in [-0.3, -0.25) is 9.36 Å². The molecule has 0 bridgehead atoms. The third kappa shape index (κ3) is 6.00. The minimum Gasteiger partial charge on any atom is -0.453 e. The van der Waals surface area contributed by atoms with Crippen LogP contribution < -0.4 is 11.0 Å². The van der Waals surface area contributed by atoms with Crippen LogP contribution in [0.1, 0.15) is 59.6 Å². The Morgan fingerprint density at radius 2 is 2.00 bits per heavy atom. The second kappa shape index (κ2) is 11.0. The zero-order valence-corrected chi connectivity index (χ0v) is 18.5. The van der Waals surface area contributed by atoms with Crippen molar-refractivity contribution in [3.05, 3.63) is 22.7 Å². The van der Waals surface area contributed by atoms with Gasteiger partial charge in [0.05, 0.1) is 12.5 Å². The molecule has 31 heavy (non-hydrogen) atoms. The minimum absolute atomic E-state index is 0.293. The monoisotopic (exact) mass is 445 g/mol. The summed E-state index contributed by atoms with van der Waals surface area (Å²) in [6.07, 6.45) is -0.170. The van der Waals surface area contributed by atoms with E-state index in [2.05, 4.69) is 24.1 Å². The smallest absolute Gasteiger partial charge is 0.351 e. The Bertz CT molecular complexity index is 781. The Labute approximate surface area is 181 Å². The number of ether oxygens (including phenoxy) is 2. The molecule has 1 fully saturated rings. The van der Waals surface area contributed by atoms with Gasteiger partial charge in [0.25, 0.3) is 0 Å². The fourth-order valence-corrected chi connectivity index (χ4v) is 3.62. The molecule has 2 rings (SSSR count). The summed E-state index contributed by atoms with van der Waals surface area (Å²) >= 11 is 0. The lowest BCUT2D eigenvalue weighted by molar-refractivity contribution is -0.179. The Morgan fingerprint density at radius 3 is 2.52 bits per heavy atom. The summed E-state index contributed by atoms with van der Waals surface area (Å²) < 4.78 is 40.8. The average molecular weight is 446 g/mol. The van der Waals surface area contributed by atoms with Crippen LogP contribution in [0.2, 0.25) is 0 Å². The normalized spacial score (nSPS) is 22.8. The van der Waals surface area contributed by atoms with Crippen LogP contribution in [0.5, 0.6) is 0 Å². The highest BCUT2D eigenvalue weighted by molar-refractivity contribution is 5.71. The number of aromatic nitrogens is 2. The molecular weight excluding hydrogens is 412 g/mol. The first kappa shape index (κ1) is 25.2. The predicted molar refractivity (Wildman–Crippen MR) is 111 cm³/mol. The fourth-order valence-electron chi connectivity index (χ4n) is 3.62. The maximum atomic E-state index is 15.0. The second-order valence-electron chi connectivity index (χ2n) is 8.22. The van der Waals surface area contributed by atoms with E-state index in [1.165, 1.54) is 26.1 Å². The van der Waals surface area contributed by atoms with Crippen LogP contribution in [0.25, 0.3) is 0 Å². The molecule has 2 heterocycles. The summed E-state index contributed by atoms with van der Waals surface area (Å²) in [6, 6.07) is 1.43. The van der Waals surface area contributed by atoms with E-state index >= 15 is 8.78 Å². The van der Waals surface area contributed by atoms with Gasteiger partial charge in [0.2, 0.25) is 6.23 Å². The summed E-state index contributed by atoms with van der Waals surface area (Å²) in [6.45, 7) is 7.07. The Kier molecular flexibility index (Phi) is 8.93. The van der Waals surface area contributed by atoms with Crippen LogP contribution in [0.3, 0.4) is 0 Å². The molecule has 0 aliphatic carbocycles. The molecule has 0 radical (unpaired) electrons. The number of nitrogens with zero attached hydrogens (tertiary/aromatic N) is 2. The van der Waals surface area contributed by atoms with E-state index < -0.39 is 48.5 Å². The summed E-state index contributed by atoms with van der Waals surface area (Å²) in [4.78, 5) is 28.2. The minimum atomic E-state index is -3.73. The number of rotatable bonds is 11. The van der Waals surface area contributed by atoms with Crippen molar-refractivity contribution < 1.29 is 28.2 Å². The molecule has 3 atom stereocenters. The van der Waals surface area contributed by atoms with E-state index in [0.29, 0.717) is 22.8 Å². The van der Waals surface area contributed by atoms with Crippen molar-refractivity contribution in [2.24, 2.45) is 11.8 Å². The molecule has 1 aliphatic rings. The van der Waals surface area contributed by atoms with Crippen molar-refractivity contribution in [2.75, 3.05) is 18.5 Å². The van der Waals surface area contributed by atoms with Gasteiger partial charge in [0.1, 0.15) is 11.9 Å². The molecule has 0 spiro atoms. The number of hydrogen-bond acceptors (Lipinski definition) is 7. The molecule has 8 nitrogen and oxygen atoms in total. The van der Waals surface area contributed by atoms with Crippen molar-refractivity contribution in [3.8, 4) is 0 Å². The molecule has 1 aromatic heterocycles. The van der Waals surface area contributed by atoms with E-state index in [1.807, 2.05) is 0 Å². The Morgan fingerprint density at radius 1 is 1.35 bits per heavy atom. The Balaban J connectivity index is 2.18. The number of esters is 1. The number of carbonyl (C=O) groups is 1. The SMILES string of the molecule is CCCC(CCC)CNc1ccn([C@@H]2O[C@H](CO)[C@@H](OC(=O)C(C)C)C2(F)F)c(=O)n1. The largest absolute Gasteiger partial charge is 0.453 e. The number of aliphatic hydroxyl groups is 1. The highest BCUT2D eigenvalue weighted by Gasteiger charge is 2.62. The topological polar surface area (TPSA) is 103 Å². The van der Waals surface area contributed by atoms with Gasteiger partial charge in [-0.15, -0.1) is 0 Å². The van der Waals surface area contributed by atoms with Crippen molar-refractivity contribution in [2.45, 2.75) is 77.7 Å². The molecule has 176 valence electrons. The number of hydrogen-bond donors (Lipinski definition) is 2. The molecule has 0 amide bonds. The first-order valence-electron chi connectivity index (χ1n) is 10.8. The van der Waals surface area contributed by atoms with Crippen LogP contribution in [-0.2, 0) is 14.3 Å². The lowest BCUT2D eigenvalue weighted by Gasteiger charge is -2.24. The first-order valence-corrected chi connectivity index (χ1v) is 10.8. The Hall–Kier alpha value is -2.07.